The maximum Gasteiger partial charge on any atom is 0.341 e. The number of carboxylic acid groups (broad SMARTS) is 1. The third-order valence-corrected chi connectivity index (χ3v) is 13.8. The lowest BCUT2D eigenvalue weighted by atomic mass is 9.81. The number of amides is 3. The number of ether oxygens (including phenoxy) is 4. The number of methoxy groups -OCH3 is 2. The Morgan fingerprint density at radius 2 is 1.24 bits per heavy atom. The van der Waals surface area contributed by atoms with Crippen molar-refractivity contribution < 1.29 is 75.5 Å². The third-order valence-electron chi connectivity index (χ3n) is 13.5. The molecule has 3 aliphatic rings. The Balaban J connectivity index is 0.000000512. The Morgan fingerprint density at radius 1 is 0.750 bits per heavy atom. The zero-order valence-electron chi connectivity index (χ0n) is 48.6. The summed E-state index contributed by atoms with van der Waals surface area (Å²) in [5.41, 5.74) is 4.20. The number of likely N-dealkylation sites (tertiary alicyclic amines) is 2. The molecule has 0 bridgehead atoms. The average Bonchev–Trinajstić information content (AvgIpc) is 3.85. The highest BCUT2D eigenvalue weighted by molar-refractivity contribution is 6.31. The monoisotopic (exact) mass is 1170 g/mol. The van der Waals surface area contributed by atoms with Crippen molar-refractivity contribution >= 4 is 59.5 Å². The van der Waals surface area contributed by atoms with Gasteiger partial charge in [0.25, 0.3) is 17.7 Å². The van der Waals surface area contributed by atoms with Gasteiger partial charge in [0.05, 0.1) is 33.0 Å². The molecule has 16 nitrogen and oxygen atoms in total. The maximum absolute atomic E-state index is 13.8. The Hall–Kier alpha value is -5.70. The standard InChI is InChI=1S/C16H20ClFO4.C14H18FNO2.C14H19NO3.C8H16FNO2.C6H10FNO.ClH/c1-4-22-13-6-5-10(17)9-11(13)12(19)7-8-16(2,3)14(18)15(20)21;1-14(2)9-16(13(17)12(14)15)8-10-4-6-11(18-3)7-5-10;1-14(2)9-15(13(17)12(14)16)8-10-4-6-11(18-3)7-5-10;1-4-12-7(11)6(9)8(2,3)5-10;1-6(2)3-8-5(9)4(6)7;/h5-6,9,14H,4,7-8H2,1-3H3,(H,20,21);4-7,12H,8-9H2,1-3H3;4-7,12,16H,8-9H2,1-3H3;6H,4-5,10H2,1-3H3;4H,3H2,1-2H3,(H,8,9);1H. The minimum Gasteiger partial charge on any atom is -0.497 e. The van der Waals surface area contributed by atoms with Crippen LogP contribution in [0.25, 0.3) is 0 Å². The number of hydrogen-bond acceptors (Lipinski definition) is 12. The van der Waals surface area contributed by atoms with E-state index in [4.69, 9.17) is 36.7 Å². The van der Waals surface area contributed by atoms with Gasteiger partial charge in [0, 0.05) is 77.8 Å². The summed E-state index contributed by atoms with van der Waals surface area (Å²) in [6.07, 6.45) is -7.14. The van der Waals surface area contributed by atoms with Gasteiger partial charge in [-0.1, -0.05) is 105 Å². The van der Waals surface area contributed by atoms with Crippen molar-refractivity contribution in [2.45, 2.75) is 140 Å². The quantitative estimate of drug-likeness (QED) is 0.0530. The lowest BCUT2D eigenvalue weighted by molar-refractivity contribution is -0.153. The van der Waals surface area contributed by atoms with Gasteiger partial charge in [-0.05, 0) is 73.9 Å². The Morgan fingerprint density at radius 3 is 1.59 bits per heavy atom. The number of aliphatic carboxylic acids is 1. The van der Waals surface area contributed by atoms with E-state index in [-0.39, 0.29) is 55.5 Å². The van der Waals surface area contributed by atoms with Gasteiger partial charge in [0.15, 0.2) is 18.1 Å². The van der Waals surface area contributed by atoms with Gasteiger partial charge in [0.1, 0.15) is 23.4 Å². The molecule has 80 heavy (non-hydrogen) atoms. The van der Waals surface area contributed by atoms with Gasteiger partial charge in [-0.2, -0.15) is 0 Å². The Labute approximate surface area is 480 Å². The number of benzene rings is 3. The number of aliphatic hydroxyl groups excluding tert-OH is 1. The van der Waals surface area contributed by atoms with Gasteiger partial charge in [-0.25, -0.2) is 27.2 Å². The fourth-order valence-corrected chi connectivity index (χ4v) is 8.17. The van der Waals surface area contributed by atoms with Crippen molar-refractivity contribution in [3.8, 4) is 17.2 Å². The summed E-state index contributed by atoms with van der Waals surface area (Å²) in [6, 6.07) is 19.8. The predicted molar refractivity (Wildman–Crippen MR) is 301 cm³/mol. The first-order valence-electron chi connectivity index (χ1n) is 26.0. The number of carbonyl (C=O) groups is 6. The third kappa shape index (κ3) is 21.0. The summed E-state index contributed by atoms with van der Waals surface area (Å²) < 4.78 is 73.4. The van der Waals surface area contributed by atoms with E-state index in [1.54, 1.807) is 91.5 Å². The summed E-state index contributed by atoms with van der Waals surface area (Å²) in [4.78, 5) is 71.4. The van der Waals surface area contributed by atoms with E-state index < -0.39 is 76.2 Å². The van der Waals surface area contributed by atoms with Gasteiger partial charge in [-0.3, -0.25) is 19.2 Å². The molecule has 0 aromatic heterocycles. The number of Topliss-reactive ketones (excluding diaryl/α,β-unsaturated/α-hetero) is 1. The number of carboxylic acids is 1. The number of nitrogens with zero attached hydrogens (tertiary/aromatic N) is 2. The number of alkyl halides is 4. The second-order valence-corrected chi connectivity index (χ2v) is 23.3. The molecule has 5 N–H and O–H groups in total. The number of carbonyl (C=O) groups excluding carboxylic acids is 5. The van der Waals surface area contributed by atoms with Crippen LogP contribution in [0.3, 0.4) is 0 Å². The molecule has 3 heterocycles. The van der Waals surface area contributed by atoms with E-state index in [9.17, 15) is 51.4 Å². The minimum absolute atomic E-state index is 0. The molecule has 3 aromatic carbocycles. The summed E-state index contributed by atoms with van der Waals surface area (Å²) in [7, 11) is 3.23. The highest BCUT2D eigenvalue weighted by Gasteiger charge is 2.47. The molecule has 3 fully saturated rings. The van der Waals surface area contributed by atoms with E-state index in [2.05, 4.69) is 10.1 Å². The van der Waals surface area contributed by atoms with Crippen LogP contribution in [0.1, 0.15) is 117 Å². The highest BCUT2D eigenvalue weighted by Crippen LogP contribution is 2.36. The molecular weight excluding hydrogens is 1090 g/mol. The van der Waals surface area contributed by atoms with E-state index in [1.807, 2.05) is 62.4 Å². The second-order valence-electron chi connectivity index (χ2n) is 22.9. The first-order chi connectivity index (χ1) is 36.6. The number of rotatable bonds is 18. The van der Waals surface area contributed by atoms with Gasteiger partial charge >= 0.3 is 11.9 Å². The first kappa shape index (κ1) is 72.3. The normalized spacial score (nSPS) is 19.3. The molecule has 450 valence electrons. The van der Waals surface area contributed by atoms with Crippen molar-refractivity contribution in [1.82, 2.24) is 15.1 Å². The number of hydrogen-bond donors (Lipinski definition) is 4. The van der Waals surface area contributed by atoms with E-state index in [0.29, 0.717) is 55.7 Å². The maximum atomic E-state index is 13.8. The molecule has 3 aliphatic heterocycles. The van der Waals surface area contributed by atoms with Crippen molar-refractivity contribution in [2.24, 2.45) is 32.8 Å². The number of ketones is 1. The molecule has 0 spiro atoms. The van der Waals surface area contributed by atoms with Crippen LogP contribution < -0.4 is 25.3 Å². The fraction of sp³-hybridized carbons (Fsp3) is 0.586. The van der Waals surface area contributed by atoms with Crippen LogP contribution in [0.15, 0.2) is 66.7 Å². The molecule has 5 unspecified atom stereocenters. The Bertz CT molecular complexity index is 2410. The van der Waals surface area contributed by atoms with Gasteiger partial charge in [0.2, 0.25) is 12.3 Å². The van der Waals surface area contributed by atoms with Crippen molar-refractivity contribution in [2.75, 3.05) is 53.6 Å². The molecule has 0 aliphatic carbocycles. The van der Waals surface area contributed by atoms with Crippen LogP contribution in [0, 0.1) is 27.1 Å². The topological polar surface area (TPSA) is 224 Å². The highest BCUT2D eigenvalue weighted by atomic mass is 35.5. The Kier molecular flexibility index (Phi) is 28.5. The molecule has 0 saturated carbocycles. The van der Waals surface area contributed by atoms with Crippen LogP contribution in [-0.4, -0.2) is 140 Å². The minimum atomic E-state index is -2.02. The molecule has 22 heteroatoms. The lowest BCUT2D eigenvalue weighted by Gasteiger charge is -2.25. The first-order valence-corrected chi connectivity index (χ1v) is 26.3. The van der Waals surface area contributed by atoms with Crippen LogP contribution in [-0.2, 0) is 41.8 Å². The van der Waals surface area contributed by atoms with E-state index in [0.717, 1.165) is 22.6 Å². The number of aliphatic hydroxyl groups is 1. The lowest BCUT2D eigenvalue weighted by Crippen LogP contribution is -2.39. The number of esters is 1. The molecule has 3 aromatic rings. The molecular formula is C58H84Cl2F4N4O12. The summed E-state index contributed by atoms with van der Waals surface area (Å²) in [5, 5.41) is 21.4. The summed E-state index contributed by atoms with van der Waals surface area (Å²) in [6.45, 7) is 23.6. The number of nitrogens with two attached hydrogens (primary N) is 1. The predicted octanol–water partition coefficient (Wildman–Crippen LogP) is 9.75. The van der Waals surface area contributed by atoms with Crippen LogP contribution in [0.4, 0.5) is 17.6 Å². The average molecular weight is 1180 g/mol. The van der Waals surface area contributed by atoms with Crippen molar-refractivity contribution in [3.63, 3.8) is 0 Å². The SMILES string of the molecule is CC1(C)CNC(=O)C1F.CCOC(=O)C(F)C(C)(C)CN.CCOc1ccc(Cl)cc1C(=O)CCC(C)(C)C(F)C(=O)O.COc1ccc(CN2CC(C)(C)C(F)C2=O)cc1.COc1ccc(CN2CC(C)(C)C(O)C2=O)cc1.Cl. The van der Waals surface area contributed by atoms with Crippen LogP contribution in [0.2, 0.25) is 5.02 Å². The summed E-state index contributed by atoms with van der Waals surface area (Å²) in [5.74, 6) is -1.67. The zero-order valence-corrected chi connectivity index (χ0v) is 50.1. The van der Waals surface area contributed by atoms with E-state index >= 15 is 0 Å². The second kappa shape index (κ2) is 31.5. The largest absolute Gasteiger partial charge is 0.497 e. The van der Waals surface area contributed by atoms with Crippen LogP contribution in [0.5, 0.6) is 17.2 Å². The fourth-order valence-electron chi connectivity index (χ4n) is 8.00. The van der Waals surface area contributed by atoms with Crippen molar-refractivity contribution in [1.29, 1.82) is 0 Å². The number of nitrogens with one attached hydrogen (secondary N) is 1. The molecule has 3 amide bonds. The summed E-state index contributed by atoms with van der Waals surface area (Å²) >= 11 is 5.90. The number of halogens is 6. The van der Waals surface area contributed by atoms with Crippen LogP contribution >= 0.6 is 24.0 Å². The molecule has 3 saturated heterocycles. The molecule has 0 radical (unpaired) electrons. The van der Waals surface area contributed by atoms with Gasteiger partial charge in [-0.15, -0.1) is 12.4 Å². The van der Waals surface area contributed by atoms with Gasteiger partial charge < -0.3 is 50.0 Å². The van der Waals surface area contributed by atoms with E-state index in [1.165, 1.54) is 19.9 Å². The molecule has 6 rings (SSSR count). The molecule has 5 atom stereocenters. The zero-order chi connectivity index (χ0) is 60.4. The smallest absolute Gasteiger partial charge is 0.341 e. The van der Waals surface area contributed by atoms with Crippen molar-refractivity contribution in [3.05, 3.63) is 88.4 Å².